The zero-order valence-corrected chi connectivity index (χ0v) is 16.3. The molecule has 0 spiro atoms. The van der Waals surface area contributed by atoms with Gasteiger partial charge in [-0.3, -0.25) is 9.69 Å². The largest absolute Gasteiger partial charge is 0.336 e. The van der Waals surface area contributed by atoms with Gasteiger partial charge in [-0.05, 0) is 26.0 Å². The van der Waals surface area contributed by atoms with Gasteiger partial charge in [0.25, 0.3) is 0 Å². The van der Waals surface area contributed by atoms with Crippen molar-refractivity contribution in [2.45, 2.75) is 24.8 Å². The summed E-state index contributed by atoms with van der Waals surface area (Å²) in [7, 11) is -3.46. The first-order valence-electron chi connectivity index (χ1n) is 9.17. The van der Waals surface area contributed by atoms with Gasteiger partial charge in [0.2, 0.25) is 15.9 Å². The highest BCUT2D eigenvalue weighted by atomic mass is 32.2. The van der Waals surface area contributed by atoms with Crippen LogP contribution in [-0.2, 0) is 14.8 Å². The van der Waals surface area contributed by atoms with Gasteiger partial charge in [-0.1, -0.05) is 17.7 Å². The number of benzene rings is 1. The lowest BCUT2D eigenvalue weighted by molar-refractivity contribution is -0.135. The van der Waals surface area contributed by atoms with Crippen molar-refractivity contribution < 1.29 is 13.2 Å². The lowest BCUT2D eigenvalue weighted by Gasteiger charge is -2.37. The topological polar surface area (TPSA) is 73.0 Å². The molecule has 0 bridgehead atoms. The van der Waals surface area contributed by atoms with Crippen LogP contribution in [0, 0.1) is 6.92 Å². The van der Waals surface area contributed by atoms with E-state index in [0.717, 1.165) is 25.2 Å². The highest BCUT2D eigenvalue weighted by molar-refractivity contribution is 7.89. The zero-order chi connectivity index (χ0) is 18.7. The first-order chi connectivity index (χ1) is 12.4. The Morgan fingerprint density at radius 3 is 2.38 bits per heavy atom. The number of hydrogen-bond donors (Lipinski definition) is 1. The third kappa shape index (κ3) is 4.25. The molecule has 2 aliphatic heterocycles. The van der Waals surface area contributed by atoms with Gasteiger partial charge in [-0.2, -0.15) is 4.31 Å². The number of aryl methyl sites for hydroxylation is 1. The van der Waals surface area contributed by atoms with Crippen molar-refractivity contribution in [3.8, 4) is 0 Å². The van der Waals surface area contributed by atoms with Crippen molar-refractivity contribution in [3.63, 3.8) is 0 Å². The van der Waals surface area contributed by atoms with E-state index in [4.69, 9.17) is 0 Å². The third-order valence-electron chi connectivity index (χ3n) is 5.17. The normalized spacial score (nSPS) is 23.2. The van der Waals surface area contributed by atoms with E-state index in [0.29, 0.717) is 37.6 Å². The molecule has 2 heterocycles. The number of hydrogen-bond acceptors (Lipinski definition) is 5. The first-order valence-corrected chi connectivity index (χ1v) is 10.6. The van der Waals surface area contributed by atoms with E-state index in [1.807, 2.05) is 24.0 Å². The van der Waals surface area contributed by atoms with Crippen LogP contribution in [0.1, 0.15) is 12.5 Å². The Hall–Kier alpha value is -1.48. The van der Waals surface area contributed by atoms with E-state index in [1.54, 1.807) is 12.1 Å². The third-order valence-corrected chi connectivity index (χ3v) is 7.08. The summed E-state index contributed by atoms with van der Waals surface area (Å²) in [5.41, 5.74) is 1.04. The molecule has 2 saturated heterocycles. The molecule has 1 atom stereocenters. The molecule has 2 fully saturated rings. The van der Waals surface area contributed by atoms with Gasteiger partial charge in [0.05, 0.1) is 11.4 Å². The van der Waals surface area contributed by atoms with Crippen molar-refractivity contribution in [2.75, 3.05) is 52.4 Å². The molecule has 1 amide bonds. The average molecular weight is 381 g/mol. The second kappa shape index (κ2) is 8.04. The fourth-order valence-electron chi connectivity index (χ4n) is 3.48. The fourth-order valence-corrected chi connectivity index (χ4v) is 4.90. The first kappa shape index (κ1) is 19.3. The maximum atomic E-state index is 12.7. The van der Waals surface area contributed by atoms with Crippen LogP contribution in [0.4, 0.5) is 0 Å². The molecule has 144 valence electrons. The monoisotopic (exact) mass is 380 g/mol. The van der Waals surface area contributed by atoms with E-state index in [2.05, 4.69) is 17.1 Å². The van der Waals surface area contributed by atoms with E-state index in [-0.39, 0.29) is 11.9 Å². The molecule has 2 aliphatic rings. The predicted octanol–water partition coefficient (Wildman–Crippen LogP) is 0.122. The van der Waals surface area contributed by atoms with E-state index in [1.165, 1.54) is 4.31 Å². The summed E-state index contributed by atoms with van der Waals surface area (Å²) < 4.78 is 27.0. The van der Waals surface area contributed by atoms with Crippen molar-refractivity contribution in [3.05, 3.63) is 29.8 Å². The summed E-state index contributed by atoms with van der Waals surface area (Å²) in [5.74, 6) is 0.133. The Balaban J connectivity index is 1.55. The summed E-state index contributed by atoms with van der Waals surface area (Å²) in [4.78, 5) is 16.8. The number of sulfonamides is 1. The summed E-state index contributed by atoms with van der Waals surface area (Å²) in [6, 6.07) is 7.16. The van der Waals surface area contributed by atoms with Crippen LogP contribution in [0.2, 0.25) is 0 Å². The Kier molecular flexibility index (Phi) is 5.96. The van der Waals surface area contributed by atoms with Crippen molar-refractivity contribution >= 4 is 15.9 Å². The molecule has 7 nitrogen and oxygen atoms in total. The molecule has 8 heteroatoms. The Morgan fingerprint density at radius 1 is 1.12 bits per heavy atom. The summed E-state index contributed by atoms with van der Waals surface area (Å²) >= 11 is 0. The molecule has 3 rings (SSSR count). The van der Waals surface area contributed by atoms with Gasteiger partial charge in [-0.15, -0.1) is 0 Å². The number of amides is 1. The van der Waals surface area contributed by atoms with Crippen molar-refractivity contribution in [1.29, 1.82) is 0 Å². The minimum atomic E-state index is -3.46. The number of piperazine rings is 2. The van der Waals surface area contributed by atoms with Gasteiger partial charge >= 0.3 is 0 Å². The van der Waals surface area contributed by atoms with Crippen LogP contribution in [-0.4, -0.2) is 86.8 Å². The highest BCUT2D eigenvalue weighted by Crippen LogP contribution is 2.18. The molecular formula is C18H28N4O3S. The molecular weight excluding hydrogens is 352 g/mol. The van der Waals surface area contributed by atoms with E-state index < -0.39 is 10.0 Å². The van der Waals surface area contributed by atoms with Gasteiger partial charge in [-0.25, -0.2) is 8.42 Å². The van der Waals surface area contributed by atoms with Crippen LogP contribution >= 0.6 is 0 Å². The number of nitrogens with zero attached hydrogens (tertiary/aromatic N) is 3. The number of carbonyl (C=O) groups is 1. The molecule has 0 saturated carbocycles. The van der Waals surface area contributed by atoms with Gasteiger partial charge in [0, 0.05) is 51.9 Å². The summed E-state index contributed by atoms with van der Waals surface area (Å²) in [5, 5.41) is 3.28. The maximum Gasteiger partial charge on any atom is 0.243 e. The SMILES string of the molecule is Cc1ccc(S(=O)(=O)N2CCN(CC(=O)N3CCNC[C@@H]3C)CC2)cc1. The van der Waals surface area contributed by atoms with Crippen LogP contribution in [0.3, 0.4) is 0 Å². The Labute approximate surface area is 156 Å². The van der Waals surface area contributed by atoms with Crippen LogP contribution < -0.4 is 5.32 Å². The van der Waals surface area contributed by atoms with E-state index in [9.17, 15) is 13.2 Å². The quantitative estimate of drug-likeness (QED) is 0.803. The fraction of sp³-hybridized carbons (Fsp3) is 0.611. The van der Waals surface area contributed by atoms with Crippen molar-refractivity contribution in [2.24, 2.45) is 0 Å². The Morgan fingerprint density at radius 2 is 1.77 bits per heavy atom. The minimum Gasteiger partial charge on any atom is -0.336 e. The lowest BCUT2D eigenvalue weighted by atomic mass is 10.2. The standard InChI is InChI=1S/C18H28N4O3S/c1-15-3-5-17(6-4-15)26(24,25)21-11-9-20(10-12-21)14-18(23)22-8-7-19-13-16(22)2/h3-6,16,19H,7-14H2,1-2H3/t16-/m0/s1. The smallest absolute Gasteiger partial charge is 0.243 e. The lowest BCUT2D eigenvalue weighted by Crippen LogP contribution is -2.56. The molecule has 0 aliphatic carbocycles. The zero-order valence-electron chi connectivity index (χ0n) is 15.5. The molecule has 1 aromatic rings. The van der Waals surface area contributed by atoms with Gasteiger partial charge in [0.1, 0.15) is 0 Å². The van der Waals surface area contributed by atoms with Gasteiger partial charge in [0.15, 0.2) is 0 Å². The molecule has 0 unspecified atom stereocenters. The van der Waals surface area contributed by atoms with Crippen LogP contribution in [0.5, 0.6) is 0 Å². The van der Waals surface area contributed by atoms with E-state index >= 15 is 0 Å². The summed E-state index contributed by atoms with van der Waals surface area (Å²) in [6.07, 6.45) is 0. The highest BCUT2D eigenvalue weighted by Gasteiger charge is 2.30. The minimum absolute atomic E-state index is 0.133. The number of rotatable bonds is 4. The van der Waals surface area contributed by atoms with Gasteiger partial charge < -0.3 is 10.2 Å². The number of carbonyl (C=O) groups excluding carboxylic acids is 1. The molecule has 0 aromatic heterocycles. The average Bonchev–Trinajstić information content (AvgIpc) is 2.63. The Bertz CT molecular complexity index is 727. The second-order valence-electron chi connectivity index (χ2n) is 7.13. The molecule has 0 radical (unpaired) electrons. The summed E-state index contributed by atoms with van der Waals surface area (Å²) in [6.45, 7) is 8.74. The molecule has 1 N–H and O–H groups in total. The molecule has 26 heavy (non-hydrogen) atoms. The van der Waals surface area contributed by atoms with Crippen molar-refractivity contribution in [1.82, 2.24) is 19.4 Å². The predicted molar refractivity (Wildman–Crippen MR) is 100 cm³/mol. The maximum absolute atomic E-state index is 12.7. The molecule has 1 aromatic carbocycles. The van der Waals surface area contributed by atoms with Crippen LogP contribution in [0.25, 0.3) is 0 Å². The van der Waals surface area contributed by atoms with Crippen LogP contribution in [0.15, 0.2) is 29.2 Å². The second-order valence-corrected chi connectivity index (χ2v) is 9.07. The number of nitrogens with one attached hydrogen (secondary N) is 1.